The first kappa shape index (κ1) is 11.3. The van der Waals surface area contributed by atoms with Crippen LogP contribution in [-0.4, -0.2) is 17.0 Å². The molecule has 0 amide bonds. The highest BCUT2D eigenvalue weighted by Gasteiger charge is 2.00. The maximum absolute atomic E-state index is 10.7. The molecule has 1 aromatic carbocycles. The Morgan fingerprint density at radius 1 is 1.27 bits per heavy atom. The lowest BCUT2D eigenvalue weighted by Gasteiger charge is -1.95. The monoisotopic (exact) mass is 224 g/mol. The van der Waals surface area contributed by atoms with Crippen molar-refractivity contribution in [1.82, 2.24) is 0 Å². The zero-order valence-corrected chi connectivity index (χ0v) is 8.48. The summed E-state index contributed by atoms with van der Waals surface area (Å²) in [4.78, 5) is 21.2. The van der Waals surface area contributed by atoms with Crippen LogP contribution in [-0.2, 0) is 8.98 Å². The summed E-state index contributed by atoms with van der Waals surface area (Å²) in [6.45, 7) is 0. The maximum atomic E-state index is 10.7. The van der Waals surface area contributed by atoms with E-state index in [2.05, 4.69) is 17.1 Å². The molecule has 15 heavy (non-hydrogen) atoms. The van der Waals surface area contributed by atoms with E-state index in [4.69, 9.17) is 5.11 Å². The fourth-order valence-electron chi connectivity index (χ4n) is 0.932. The van der Waals surface area contributed by atoms with Crippen LogP contribution in [0.5, 0.6) is 0 Å². The van der Waals surface area contributed by atoms with Gasteiger partial charge in [0.2, 0.25) is 0 Å². The van der Waals surface area contributed by atoms with Gasteiger partial charge in [0.05, 0.1) is 5.56 Å². The Morgan fingerprint density at radius 3 is 2.33 bits per heavy atom. The average molecular weight is 224 g/mol. The molecule has 0 aliphatic heterocycles. The summed E-state index contributed by atoms with van der Waals surface area (Å²) in [5.41, 5.74) is 0.905. The molecule has 1 N–H and O–H groups in total. The van der Waals surface area contributed by atoms with E-state index in [9.17, 15) is 9.59 Å². The minimum atomic E-state index is -0.986. The first-order valence-electron chi connectivity index (χ1n) is 4.00. The van der Waals surface area contributed by atoms with Crippen LogP contribution >= 0.6 is 12.9 Å². The maximum Gasteiger partial charge on any atom is 0.342 e. The highest BCUT2D eigenvalue weighted by Crippen LogP contribution is 2.06. The number of carbonyl (C=O) groups is 2. The highest BCUT2D eigenvalue weighted by molar-refractivity contribution is 7.75. The smallest absolute Gasteiger partial charge is 0.342 e. The zero-order chi connectivity index (χ0) is 11.3. The number of rotatable bonds is 3. The molecule has 0 radical (unpaired) electrons. The topological polar surface area (TPSA) is 63.6 Å². The first-order valence-corrected chi connectivity index (χ1v) is 4.37. The third kappa shape index (κ3) is 3.47. The minimum absolute atomic E-state index is 0.198. The summed E-state index contributed by atoms with van der Waals surface area (Å²) in [6.07, 6.45) is 2.70. The predicted molar refractivity (Wildman–Crippen MR) is 57.5 cm³/mol. The molecule has 0 unspecified atom stereocenters. The Labute approximate surface area is 91.8 Å². The van der Waals surface area contributed by atoms with E-state index in [1.54, 1.807) is 12.1 Å². The van der Waals surface area contributed by atoms with Crippen molar-refractivity contribution in [1.29, 1.82) is 0 Å². The lowest BCUT2D eigenvalue weighted by Crippen LogP contribution is -1.95. The van der Waals surface area contributed by atoms with Crippen molar-refractivity contribution in [3.63, 3.8) is 0 Å². The molecule has 0 heterocycles. The summed E-state index contributed by atoms with van der Waals surface area (Å²) >= 11 is 3.33. The van der Waals surface area contributed by atoms with Crippen LogP contribution in [0.2, 0.25) is 0 Å². The Morgan fingerprint density at radius 2 is 1.87 bits per heavy atom. The Bertz CT molecular complexity index is 394. The normalized spacial score (nSPS) is 10.2. The van der Waals surface area contributed by atoms with Gasteiger partial charge in [-0.25, -0.2) is 9.59 Å². The van der Waals surface area contributed by atoms with Crippen LogP contribution in [0.3, 0.4) is 0 Å². The van der Waals surface area contributed by atoms with E-state index >= 15 is 0 Å². The van der Waals surface area contributed by atoms with Gasteiger partial charge in [0, 0.05) is 19.0 Å². The van der Waals surface area contributed by atoms with Gasteiger partial charge in [0.15, 0.2) is 0 Å². The molecule has 1 rings (SSSR count). The van der Waals surface area contributed by atoms with Gasteiger partial charge in [-0.05, 0) is 23.8 Å². The number of hydrogen-bond donors (Lipinski definition) is 2. The Hall–Kier alpha value is -1.75. The fourth-order valence-corrected chi connectivity index (χ4v) is 0.992. The molecule has 0 fully saturated rings. The Kier molecular flexibility index (Phi) is 3.93. The van der Waals surface area contributed by atoms with E-state index in [1.807, 2.05) is 0 Å². The Balaban J connectivity index is 2.77. The van der Waals surface area contributed by atoms with Crippen LogP contribution in [0.25, 0.3) is 6.08 Å². The lowest BCUT2D eigenvalue weighted by atomic mass is 10.1. The van der Waals surface area contributed by atoms with Crippen molar-refractivity contribution in [3.8, 4) is 0 Å². The van der Waals surface area contributed by atoms with Crippen molar-refractivity contribution in [2.45, 2.75) is 0 Å². The predicted octanol–water partition coefficient (Wildman–Crippen LogP) is 1.79. The number of thiol groups is 1. The van der Waals surface area contributed by atoms with Crippen LogP contribution < -0.4 is 0 Å². The molecule has 78 valence electrons. The van der Waals surface area contributed by atoms with Gasteiger partial charge < -0.3 is 9.29 Å². The molecule has 0 atom stereocenters. The van der Waals surface area contributed by atoms with Gasteiger partial charge in [-0.1, -0.05) is 12.1 Å². The third-order valence-electron chi connectivity index (χ3n) is 1.66. The number of carbonyl (C=O) groups excluding carboxylic acids is 1. The quantitative estimate of drug-likeness (QED) is 0.466. The van der Waals surface area contributed by atoms with E-state index in [0.717, 1.165) is 0 Å². The molecule has 0 saturated heterocycles. The second-order valence-corrected chi connectivity index (χ2v) is 2.85. The van der Waals surface area contributed by atoms with Crippen LogP contribution in [0, 0.1) is 0 Å². The number of carboxylic acid groups (broad SMARTS) is 1. The van der Waals surface area contributed by atoms with Crippen LogP contribution in [0.4, 0.5) is 0 Å². The van der Waals surface area contributed by atoms with Gasteiger partial charge in [0.25, 0.3) is 0 Å². The molecule has 4 nitrogen and oxygen atoms in total. The summed E-state index contributed by atoms with van der Waals surface area (Å²) in [5, 5.41) is 8.63. The summed E-state index contributed by atoms with van der Waals surface area (Å²) in [5.74, 6) is -1.57. The van der Waals surface area contributed by atoms with Crippen LogP contribution in [0.15, 0.2) is 30.3 Å². The van der Waals surface area contributed by atoms with Gasteiger partial charge in [-0.15, -0.1) is 0 Å². The minimum Gasteiger partial charge on any atom is -0.478 e. The first-order chi connectivity index (χ1) is 7.13. The molecular weight excluding hydrogens is 216 g/mol. The summed E-state index contributed by atoms with van der Waals surface area (Å²) in [6, 6.07) is 6.08. The van der Waals surface area contributed by atoms with Crippen LogP contribution in [0.1, 0.15) is 15.9 Å². The average Bonchev–Trinajstić information content (AvgIpc) is 2.26. The van der Waals surface area contributed by atoms with Crippen molar-refractivity contribution in [2.24, 2.45) is 0 Å². The SMILES string of the molecule is O=C(/C=C/c1ccc(C(=O)O)cc1)OS. The second-order valence-electron chi connectivity index (χ2n) is 2.67. The molecule has 0 bridgehead atoms. The molecule has 1 aromatic rings. The van der Waals surface area contributed by atoms with Crippen molar-refractivity contribution < 1.29 is 18.9 Å². The van der Waals surface area contributed by atoms with Crippen molar-refractivity contribution in [3.05, 3.63) is 41.5 Å². The molecule has 5 heteroatoms. The molecule has 0 saturated carbocycles. The van der Waals surface area contributed by atoms with Crippen molar-refractivity contribution >= 4 is 30.9 Å². The number of carboxylic acids is 1. The lowest BCUT2D eigenvalue weighted by molar-refractivity contribution is -0.127. The summed E-state index contributed by atoms with van der Waals surface area (Å²) < 4.78 is 4.11. The van der Waals surface area contributed by atoms with E-state index in [-0.39, 0.29) is 5.56 Å². The van der Waals surface area contributed by atoms with Gasteiger partial charge in [-0.3, -0.25) is 0 Å². The number of hydrogen-bond acceptors (Lipinski definition) is 4. The molecule has 0 aromatic heterocycles. The molecular formula is C10H8O4S. The van der Waals surface area contributed by atoms with E-state index in [1.165, 1.54) is 24.3 Å². The van der Waals surface area contributed by atoms with Gasteiger partial charge in [0.1, 0.15) is 0 Å². The van der Waals surface area contributed by atoms with E-state index in [0.29, 0.717) is 5.56 Å². The number of benzene rings is 1. The number of aromatic carboxylic acids is 1. The highest BCUT2D eigenvalue weighted by atomic mass is 32.1. The summed E-state index contributed by atoms with van der Waals surface area (Å²) in [7, 11) is 0. The second kappa shape index (κ2) is 5.21. The van der Waals surface area contributed by atoms with Gasteiger partial charge in [-0.2, -0.15) is 0 Å². The zero-order valence-electron chi connectivity index (χ0n) is 7.58. The van der Waals surface area contributed by atoms with Crippen molar-refractivity contribution in [2.75, 3.05) is 0 Å². The van der Waals surface area contributed by atoms with E-state index < -0.39 is 11.9 Å². The fraction of sp³-hybridized carbons (Fsp3) is 0. The van der Waals surface area contributed by atoms with Gasteiger partial charge >= 0.3 is 11.9 Å². The molecule has 0 aliphatic carbocycles. The largest absolute Gasteiger partial charge is 0.478 e. The third-order valence-corrected chi connectivity index (χ3v) is 1.84. The standard InChI is InChI=1S/C10H8O4S/c11-9(14-15)6-3-7-1-4-8(5-2-7)10(12)13/h1-6,15H,(H,12,13)/b6-3+. The molecule has 0 aliphatic rings. The molecule has 0 spiro atoms.